The second kappa shape index (κ2) is 8.96. The lowest BCUT2D eigenvalue weighted by Crippen LogP contribution is -2.59. The van der Waals surface area contributed by atoms with Crippen LogP contribution in [0.5, 0.6) is 5.75 Å². The van der Waals surface area contributed by atoms with Gasteiger partial charge in [-0.2, -0.15) is 0 Å². The van der Waals surface area contributed by atoms with E-state index in [0.29, 0.717) is 12.3 Å². The highest BCUT2D eigenvalue weighted by atomic mass is 16.5. The minimum Gasteiger partial charge on any atom is -0.493 e. The van der Waals surface area contributed by atoms with Gasteiger partial charge in [-0.25, -0.2) is 4.98 Å². The Hall–Kier alpha value is -3.23. The summed E-state index contributed by atoms with van der Waals surface area (Å²) in [6.45, 7) is 4.99. The summed E-state index contributed by atoms with van der Waals surface area (Å²) >= 11 is 0. The number of amides is 1. The quantitative estimate of drug-likeness (QED) is 0.661. The van der Waals surface area contributed by atoms with Crippen LogP contribution < -0.4 is 15.0 Å². The molecule has 0 bridgehead atoms. The standard InChI is InChI=1S/C25H29N5O3/c1-16-8-17-10-23-18(9-22(17)27-11-16)13-30-20(6-7-33-23)14-29(15-24(30)32-3)19-4-5-21(28-12-19)25(31)26-2/h4-5,8-12,20,24H,6-7,13-15H2,1-3H3,(H,26,31)/t20?,24-/m1/s1. The Labute approximate surface area is 193 Å². The third kappa shape index (κ3) is 4.24. The molecule has 1 fully saturated rings. The molecule has 2 aromatic heterocycles. The zero-order chi connectivity index (χ0) is 22.9. The van der Waals surface area contributed by atoms with Gasteiger partial charge in [-0.05, 0) is 49.2 Å². The number of hydrogen-bond donors (Lipinski definition) is 1. The number of fused-ring (bicyclic) bond motifs is 3. The largest absolute Gasteiger partial charge is 0.493 e. The SMILES string of the molecule is CNC(=O)c1ccc(N2CC3CCOc4cc5cc(C)cnc5cc4CN3[C@H](OC)C2)cn1. The van der Waals surface area contributed by atoms with E-state index in [-0.39, 0.29) is 18.2 Å². The van der Waals surface area contributed by atoms with E-state index in [1.54, 1.807) is 26.4 Å². The van der Waals surface area contributed by atoms with E-state index in [0.717, 1.165) is 59.5 Å². The molecule has 33 heavy (non-hydrogen) atoms. The maximum Gasteiger partial charge on any atom is 0.269 e. The lowest BCUT2D eigenvalue weighted by atomic mass is 10.0. The van der Waals surface area contributed by atoms with E-state index in [9.17, 15) is 4.79 Å². The molecule has 1 unspecified atom stereocenters. The number of rotatable bonds is 3. The number of carbonyl (C=O) groups is 1. The molecule has 2 aliphatic rings. The van der Waals surface area contributed by atoms with Crippen LogP contribution in [0.1, 0.15) is 28.0 Å². The van der Waals surface area contributed by atoms with Crippen molar-refractivity contribution in [2.24, 2.45) is 0 Å². The fourth-order valence-electron chi connectivity index (χ4n) is 4.77. The summed E-state index contributed by atoms with van der Waals surface area (Å²) in [4.78, 5) is 25.5. The van der Waals surface area contributed by atoms with Gasteiger partial charge in [0.2, 0.25) is 0 Å². The molecule has 2 aliphatic heterocycles. The average molecular weight is 448 g/mol. The molecule has 5 rings (SSSR count). The lowest BCUT2D eigenvalue weighted by Gasteiger charge is -2.47. The Morgan fingerprint density at radius 1 is 1.18 bits per heavy atom. The summed E-state index contributed by atoms with van der Waals surface area (Å²) in [5.41, 5.74) is 4.65. The molecular formula is C25H29N5O3. The maximum absolute atomic E-state index is 11.8. The van der Waals surface area contributed by atoms with Crippen molar-refractivity contribution in [2.75, 3.05) is 38.8 Å². The van der Waals surface area contributed by atoms with Gasteiger partial charge in [-0.3, -0.25) is 14.7 Å². The molecule has 0 saturated carbocycles. The molecule has 0 aliphatic carbocycles. The molecule has 1 aromatic carbocycles. The number of ether oxygens (including phenoxy) is 2. The van der Waals surface area contributed by atoms with Crippen LogP contribution in [0.4, 0.5) is 5.69 Å². The molecular weight excluding hydrogens is 418 g/mol. The summed E-state index contributed by atoms with van der Waals surface area (Å²) in [6.07, 6.45) is 4.49. The Balaban J connectivity index is 1.41. The lowest BCUT2D eigenvalue weighted by molar-refractivity contribution is -0.0749. The van der Waals surface area contributed by atoms with Crippen LogP contribution in [-0.4, -0.2) is 66.9 Å². The first-order valence-corrected chi connectivity index (χ1v) is 11.3. The molecule has 0 spiro atoms. The zero-order valence-corrected chi connectivity index (χ0v) is 19.2. The number of nitrogens with one attached hydrogen (secondary N) is 1. The molecule has 3 aromatic rings. The van der Waals surface area contributed by atoms with Gasteiger partial charge in [0.1, 0.15) is 17.7 Å². The van der Waals surface area contributed by atoms with Gasteiger partial charge in [0, 0.05) is 50.4 Å². The second-order valence-corrected chi connectivity index (χ2v) is 8.70. The van der Waals surface area contributed by atoms with Crippen LogP contribution >= 0.6 is 0 Å². The monoisotopic (exact) mass is 447 g/mol. The van der Waals surface area contributed by atoms with E-state index in [1.807, 2.05) is 12.3 Å². The maximum atomic E-state index is 11.8. The summed E-state index contributed by atoms with van der Waals surface area (Å²) in [5, 5.41) is 3.71. The third-order valence-electron chi connectivity index (χ3n) is 6.55. The molecule has 1 amide bonds. The normalized spacial score (nSPS) is 20.9. The molecule has 8 nitrogen and oxygen atoms in total. The van der Waals surface area contributed by atoms with Crippen molar-refractivity contribution >= 4 is 22.5 Å². The van der Waals surface area contributed by atoms with Crippen LogP contribution in [0.15, 0.2) is 42.7 Å². The summed E-state index contributed by atoms with van der Waals surface area (Å²) in [7, 11) is 3.37. The first-order valence-electron chi connectivity index (χ1n) is 11.3. The van der Waals surface area contributed by atoms with Crippen molar-refractivity contribution in [1.82, 2.24) is 20.2 Å². The van der Waals surface area contributed by atoms with Gasteiger partial charge in [0.15, 0.2) is 0 Å². The third-order valence-corrected chi connectivity index (χ3v) is 6.55. The minimum atomic E-state index is -0.186. The molecule has 8 heteroatoms. The number of aryl methyl sites for hydroxylation is 1. The Morgan fingerprint density at radius 2 is 2.06 bits per heavy atom. The van der Waals surface area contributed by atoms with E-state index >= 15 is 0 Å². The van der Waals surface area contributed by atoms with Crippen molar-refractivity contribution in [3.63, 3.8) is 0 Å². The van der Waals surface area contributed by atoms with Gasteiger partial charge in [-0.1, -0.05) is 0 Å². The zero-order valence-electron chi connectivity index (χ0n) is 19.2. The average Bonchev–Trinajstić information content (AvgIpc) is 2.83. The highest BCUT2D eigenvalue weighted by molar-refractivity contribution is 5.92. The van der Waals surface area contributed by atoms with E-state index in [1.165, 1.54) is 0 Å². The fourth-order valence-corrected chi connectivity index (χ4v) is 4.77. The second-order valence-electron chi connectivity index (χ2n) is 8.70. The fraction of sp³-hybridized carbons (Fsp3) is 0.400. The van der Waals surface area contributed by atoms with Gasteiger partial charge in [0.05, 0.1) is 30.6 Å². The molecule has 4 heterocycles. The molecule has 1 N–H and O–H groups in total. The van der Waals surface area contributed by atoms with Crippen LogP contribution in [-0.2, 0) is 11.3 Å². The van der Waals surface area contributed by atoms with Gasteiger partial charge in [0.25, 0.3) is 5.91 Å². The predicted molar refractivity (Wildman–Crippen MR) is 127 cm³/mol. The Kier molecular flexibility index (Phi) is 5.86. The molecule has 0 radical (unpaired) electrons. The Morgan fingerprint density at radius 3 is 2.82 bits per heavy atom. The minimum absolute atomic E-state index is 0.0741. The highest BCUT2D eigenvalue weighted by Crippen LogP contribution is 2.33. The Bertz CT molecular complexity index is 1170. The van der Waals surface area contributed by atoms with Gasteiger partial charge < -0.3 is 19.7 Å². The first-order chi connectivity index (χ1) is 16.1. The number of benzene rings is 1. The van der Waals surface area contributed by atoms with Gasteiger partial charge >= 0.3 is 0 Å². The van der Waals surface area contributed by atoms with Crippen molar-refractivity contribution in [3.05, 3.63) is 59.5 Å². The van der Waals surface area contributed by atoms with Gasteiger partial charge in [-0.15, -0.1) is 0 Å². The predicted octanol–water partition coefficient (Wildman–Crippen LogP) is 2.74. The number of pyridine rings is 2. The van der Waals surface area contributed by atoms with Crippen LogP contribution in [0.25, 0.3) is 10.9 Å². The van der Waals surface area contributed by atoms with Crippen LogP contribution in [0.3, 0.4) is 0 Å². The smallest absolute Gasteiger partial charge is 0.269 e. The van der Waals surface area contributed by atoms with Crippen LogP contribution in [0.2, 0.25) is 0 Å². The highest BCUT2D eigenvalue weighted by Gasteiger charge is 2.36. The van der Waals surface area contributed by atoms with Crippen molar-refractivity contribution in [2.45, 2.75) is 32.2 Å². The van der Waals surface area contributed by atoms with E-state index < -0.39 is 0 Å². The van der Waals surface area contributed by atoms with E-state index in [2.05, 4.69) is 50.2 Å². The number of aromatic nitrogens is 2. The number of carbonyl (C=O) groups excluding carboxylic acids is 1. The van der Waals surface area contributed by atoms with Crippen LogP contribution in [0, 0.1) is 6.92 Å². The van der Waals surface area contributed by atoms with Crippen molar-refractivity contribution in [1.29, 1.82) is 0 Å². The van der Waals surface area contributed by atoms with Crippen molar-refractivity contribution in [3.8, 4) is 5.75 Å². The summed E-state index contributed by atoms with van der Waals surface area (Å²) in [6, 6.07) is 10.4. The number of hydrogen-bond acceptors (Lipinski definition) is 7. The number of anilines is 1. The number of methoxy groups -OCH3 is 1. The molecule has 2 atom stereocenters. The first kappa shape index (κ1) is 21.6. The summed E-state index contributed by atoms with van der Waals surface area (Å²) < 4.78 is 12.2. The molecule has 1 saturated heterocycles. The topological polar surface area (TPSA) is 79.8 Å². The van der Waals surface area contributed by atoms with Crippen molar-refractivity contribution < 1.29 is 14.3 Å². The van der Waals surface area contributed by atoms with E-state index in [4.69, 9.17) is 9.47 Å². The number of nitrogens with zero attached hydrogens (tertiary/aromatic N) is 4. The number of piperazine rings is 1. The summed E-state index contributed by atoms with van der Waals surface area (Å²) in [5.74, 6) is 0.744. The molecule has 172 valence electrons.